The van der Waals surface area contributed by atoms with Crippen LogP contribution < -0.4 is 20.7 Å². The van der Waals surface area contributed by atoms with Crippen molar-refractivity contribution in [2.45, 2.75) is 25.5 Å². The van der Waals surface area contributed by atoms with E-state index in [1.54, 1.807) is 24.3 Å². The lowest BCUT2D eigenvalue weighted by molar-refractivity contribution is -0.114. The predicted molar refractivity (Wildman–Crippen MR) is 132 cm³/mol. The van der Waals surface area contributed by atoms with Crippen molar-refractivity contribution in [3.05, 3.63) is 90.0 Å². The van der Waals surface area contributed by atoms with E-state index in [0.717, 1.165) is 30.7 Å². The summed E-state index contributed by atoms with van der Waals surface area (Å²) in [5, 5.41) is 8.86. The minimum Gasteiger partial charge on any atom is -0.489 e. The summed E-state index contributed by atoms with van der Waals surface area (Å²) < 4.78 is 11.5. The average Bonchev–Trinajstić information content (AvgIpc) is 3.40. The minimum atomic E-state index is -0.199. The summed E-state index contributed by atoms with van der Waals surface area (Å²) >= 11 is 0. The van der Waals surface area contributed by atoms with E-state index in [4.69, 9.17) is 9.47 Å². The van der Waals surface area contributed by atoms with E-state index in [0.29, 0.717) is 30.2 Å². The van der Waals surface area contributed by atoms with E-state index < -0.39 is 0 Å². The molecule has 1 aliphatic heterocycles. The molecule has 0 aliphatic carbocycles. The van der Waals surface area contributed by atoms with Gasteiger partial charge in [-0.3, -0.25) is 9.59 Å². The molecule has 0 spiro atoms. The molecule has 3 aromatic carbocycles. The molecular weight excluding hydrogens is 430 g/mol. The number of para-hydroxylation sites is 2. The number of rotatable bonds is 10. The summed E-state index contributed by atoms with van der Waals surface area (Å²) in [7, 11) is 0. The van der Waals surface area contributed by atoms with Crippen LogP contribution in [0.4, 0.5) is 11.4 Å². The fraction of sp³-hybridized carbons (Fsp3) is 0.259. The Bertz CT molecular complexity index is 1080. The summed E-state index contributed by atoms with van der Waals surface area (Å²) in [5.41, 5.74) is 2.94. The Labute approximate surface area is 199 Å². The number of carbonyl (C=O) groups excluding carboxylic acids is 2. The van der Waals surface area contributed by atoms with Crippen molar-refractivity contribution in [2.24, 2.45) is 0 Å². The maximum absolute atomic E-state index is 12.4. The molecule has 0 saturated carbocycles. The highest BCUT2D eigenvalue weighted by Gasteiger charge is 2.17. The SMILES string of the molecule is O=C(CNc1ccccc1OCC1CCCO1)Nc1ccc(C(=O)NCc2ccccc2)cc1. The quantitative estimate of drug-likeness (QED) is 0.422. The highest BCUT2D eigenvalue weighted by Crippen LogP contribution is 2.25. The normalized spacial score (nSPS) is 14.9. The Morgan fingerprint density at radius 1 is 0.941 bits per heavy atom. The highest BCUT2D eigenvalue weighted by atomic mass is 16.5. The molecule has 4 rings (SSSR count). The van der Waals surface area contributed by atoms with Gasteiger partial charge in [-0.25, -0.2) is 0 Å². The number of carbonyl (C=O) groups is 2. The standard InChI is InChI=1S/C27H29N3O4/c31-26(18-28-24-10-4-5-11-25(24)34-19-23-9-6-16-33-23)30-22-14-12-21(13-15-22)27(32)29-17-20-7-2-1-3-8-20/h1-5,7-8,10-15,23,28H,6,9,16-19H2,(H,29,32)(H,30,31). The van der Waals surface area contributed by atoms with Crippen LogP contribution in [0.5, 0.6) is 5.75 Å². The zero-order chi connectivity index (χ0) is 23.6. The van der Waals surface area contributed by atoms with Crippen molar-refractivity contribution < 1.29 is 19.1 Å². The Hall–Kier alpha value is -3.84. The second-order valence-corrected chi connectivity index (χ2v) is 8.09. The van der Waals surface area contributed by atoms with Crippen molar-refractivity contribution in [3.8, 4) is 5.75 Å². The number of nitrogens with one attached hydrogen (secondary N) is 3. The molecule has 0 aromatic heterocycles. The fourth-order valence-electron chi connectivity index (χ4n) is 3.66. The van der Waals surface area contributed by atoms with Crippen molar-refractivity contribution in [1.29, 1.82) is 0 Å². The molecule has 1 unspecified atom stereocenters. The molecule has 1 fully saturated rings. The molecule has 1 aliphatic rings. The van der Waals surface area contributed by atoms with Gasteiger partial charge in [0.05, 0.1) is 18.3 Å². The van der Waals surface area contributed by atoms with Gasteiger partial charge in [0.2, 0.25) is 5.91 Å². The molecule has 34 heavy (non-hydrogen) atoms. The van der Waals surface area contributed by atoms with Gasteiger partial charge in [-0.2, -0.15) is 0 Å². The topological polar surface area (TPSA) is 88.7 Å². The molecule has 7 nitrogen and oxygen atoms in total. The zero-order valence-corrected chi connectivity index (χ0v) is 19.0. The summed E-state index contributed by atoms with van der Waals surface area (Å²) in [6, 6.07) is 24.1. The van der Waals surface area contributed by atoms with Crippen LogP contribution in [0.2, 0.25) is 0 Å². The average molecular weight is 460 g/mol. The number of benzene rings is 3. The Morgan fingerprint density at radius 3 is 2.47 bits per heavy atom. The lowest BCUT2D eigenvalue weighted by Gasteiger charge is -2.15. The molecule has 1 atom stereocenters. The molecule has 3 N–H and O–H groups in total. The van der Waals surface area contributed by atoms with Crippen LogP contribution in [0.15, 0.2) is 78.9 Å². The maximum Gasteiger partial charge on any atom is 0.251 e. The fourth-order valence-corrected chi connectivity index (χ4v) is 3.66. The second kappa shape index (κ2) is 11.9. The number of anilines is 2. The molecular formula is C27H29N3O4. The van der Waals surface area contributed by atoms with Crippen molar-refractivity contribution in [2.75, 3.05) is 30.4 Å². The van der Waals surface area contributed by atoms with Crippen molar-refractivity contribution >= 4 is 23.2 Å². The lowest BCUT2D eigenvalue weighted by atomic mass is 10.1. The van der Waals surface area contributed by atoms with Crippen LogP contribution in [0.1, 0.15) is 28.8 Å². The van der Waals surface area contributed by atoms with E-state index in [1.807, 2.05) is 54.6 Å². The van der Waals surface area contributed by atoms with Gasteiger partial charge in [0.1, 0.15) is 12.4 Å². The molecule has 7 heteroatoms. The van der Waals surface area contributed by atoms with Crippen LogP contribution in [-0.4, -0.2) is 37.7 Å². The number of hydrogen-bond donors (Lipinski definition) is 3. The summed E-state index contributed by atoms with van der Waals surface area (Å²) in [6.45, 7) is 1.83. The van der Waals surface area contributed by atoms with E-state index in [-0.39, 0.29) is 24.5 Å². The van der Waals surface area contributed by atoms with Gasteiger partial charge in [-0.1, -0.05) is 42.5 Å². The first kappa shape index (κ1) is 23.3. The Kier molecular flexibility index (Phi) is 8.13. The Balaban J connectivity index is 1.24. The van der Waals surface area contributed by atoms with E-state index in [2.05, 4.69) is 16.0 Å². The van der Waals surface area contributed by atoms with Crippen molar-refractivity contribution in [1.82, 2.24) is 5.32 Å². The molecule has 0 radical (unpaired) electrons. The molecule has 1 saturated heterocycles. The van der Waals surface area contributed by atoms with Gasteiger partial charge < -0.3 is 25.4 Å². The summed E-state index contributed by atoms with van der Waals surface area (Å²) in [5.74, 6) is 0.329. The van der Waals surface area contributed by atoms with Crippen LogP contribution >= 0.6 is 0 Å². The third-order valence-electron chi connectivity index (χ3n) is 5.50. The zero-order valence-electron chi connectivity index (χ0n) is 19.0. The van der Waals surface area contributed by atoms with Crippen LogP contribution in [0, 0.1) is 0 Å². The van der Waals surface area contributed by atoms with E-state index >= 15 is 0 Å². The third-order valence-corrected chi connectivity index (χ3v) is 5.50. The first-order valence-corrected chi connectivity index (χ1v) is 11.5. The highest BCUT2D eigenvalue weighted by molar-refractivity contribution is 5.96. The summed E-state index contributed by atoms with van der Waals surface area (Å²) in [4.78, 5) is 24.8. The summed E-state index contributed by atoms with van der Waals surface area (Å²) in [6.07, 6.45) is 2.19. The van der Waals surface area contributed by atoms with Gasteiger partial charge in [0.15, 0.2) is 0 Å². The van der Waals surface area contributed by atoms with Crippen LogP contribution in [-0.2, 0) is 16.1 Å². The monoisotopic (exact) mass is 459 g/mol. The van der Waals surface area contributed by atoms with Gasteiger partial charge in [0, 0.05) is 24.4 Å². The van der Waals surface area contributed by atoms with Crippen molar-refractivity contribution in [3.63, 3.8) is 0 Å². The maximum atomic E-state index is 12.4. The molecule has 0 bridgehead atoms. The van der Waals surface area contributed by atoms with Crippen LogP contribution in [0.25, 0.3) is 0 Å². The largest absolute Gasteiger partial charge is 0.489 e. The van der Waals surface area contributed by atoms with Gasteiger partial charge in [0.25, 0.3) is 5.91 Å². The third kappa shape index (κ3) is 6.83. The first-order chi connectivity index (χ1) is 16.7. The first-order valence-electron chi connectivity index (χ1n) is 11.5. The van der Waals surface area contributed by atoms with Crippen LogP contribution in [0.3, 0.4) is 0 Å². The smallest absolute Gasteiger partial charge is 0.251 e. The molecule has 176 valence electrons. The van der Waals surface area contributed by atoms with Gasteiger partial charge in [-0.15, -0.1) is 0 Å². The lowest BCUT2D eigenvalue weighted by Crippen LogP contribution is -2.23. The molecule has 1 heterocycles. The number of hydrogen-bond acceptors (Lipinski definition) is 5. The van der Waals surface area contributed by atoms with E-state index in [9.17, 15) is 9.59 Å². The predicted octanol–water partition coefficient (Wildman–Crippen LogP) is 4.23. The molecule has 2 amide bonds. The Morgan fingerprint density at radius 2 is 1.71 bits per heavy atom. The molecule has 3 aromatic rings. The number of ether oxygens (including phenoxy) is 2. The van der Waals surface area contributed by atoms with E-state index in [1.165, 1.54) is 0 Å². The minimum absolute atomic E-state index is 0.0830. The van der Waals surface area contributed by atoms with Gasteiger partial charge >= 0.3 is 0 Å². The van der Waals surface area contributed by atoms with Gasteiger partial charge in [-0.05, 0) is 54.8 Å². The second-order valence-electron chi connectivity index (χ2n) is 8.09. The number of amides is 2.